The largest absolute Gasteiger partial charge is 0.391 e. The SMILES string of the molecule is Cc1nc(N(C)C(C)c2ccccc2F)sc1CO. The first-order valence-corrected chi connectivity index (χ1v) is 6.90. The number of halogens is 1. The normalized spacial score (nSPS) is 12.5. The number of thiazole rings is 1. The number of hydrogen-bond acceptors (Lipinski definition) is 4. The third kappa shape index (κ3) is 2.77. The number of nitrogens with zero attached hydrogens (tertiary/aromatic N) is 2. The number of aromatic nitrogens is 1. The Morgan fingerprint density at radius 1 is 1.42 bits per heavy atom. The first-order chi connectivity index (χ1) is 9.04. The van der Waals surface area contributed by atoms with Gasteiger partial charge in [0, 0.05) is 12.6 Å². The van der Waals surface area contributed by atoms with E-state index in [4.69, 9.17) is 0 Å². The van der Waals surface area contributed by atoms with Crippen molar-refractivity contribution in [2.24, 2.45) is 0 Å². The van der Waals surface area contributed by atoms with Gasteiger partial charge >= 0.3 is 0 Å². The lowest BCUT2D eigenvalue weighted by molar-refractivity contribution is 0.284. The van der Waals surface area contributed by atoms with Crippen LogP contribution in [0.2, 0.25) is 0 Å². The van der Waals surface area contributed by atoms with Crippen molar-refractivity contribution in [1.82, 2.24) is 4.98 Å². The lowest BCUT2D eigenvalue weighted by Gasteiger charge is -2.24. The minimum Gasteiger partial charge on any atom is -0.391 e. The molecule has 0 aliphatic heterocycles. The molecule has 1 atom stereocenters. The number of hydrogen-bond donors (Lipinski definition) is 1. The van der Waals surface area contributed by atoms with E-state index in [1.54, 1.807) is 12.1 Å². The smallest absolute Gasteiger partial charge is 0.186 e. The van der Waals surface area contributed by atoms with Crippen molar-refractivity contribution in [3.63, 3.8) is 0 Å². The zero-order chi connectivity index (χ0) is 14.0. The van der Waals surface area contributed by atoms with Crippen LogP contribution in [-0.2, 0) is 6.61 Å². The van der Waals surface area contributed by atoms with Gasteiger partial charge in [0.25, 0.3) is 0 Å². The van der Waals surface area contributed by atoms with E-state index in [2.05, 4.69) is 4.98 Å². The molecule has 102 valence electrons. The van der Waals surface area contributed by atoms with Crippen molar-refractivity contribution in [2.45, 2.75) is 26.5 Å². The Morgan fingerprint density at radius 2 is 2.11 bits per heavy atom. The Morgan fingerprint density at radius 3 is 2.68 bits per heavy atom. The van der Waals surface area contributed by atoms with Crippen LogP contribution in [0.4, 0.5) is 9.52 Å². The molecule has 0 saturated heterocycles. The number of rotatable bonds is 4. The fourth-order valence-corrected chi connectivity index (χ4v) is 2.86. The monoisotopic (exact) mass is 280 g/mol. The van der Waals surface area contributed by atoms with Crippen molar-refractivity contribution in [3.8, 4) is 0 Å². The molecule has 0 amide bonds. The standard InChI is InChI=1S/C14H17FN2OS/c1-9-13(8-18)19-14(16-9)17(3)10(2)11-6-4-5-7-12(11)15/h4-7,10,18H,8H2,1-3H3. The zero-order valence-electron chi connectivity index (χ0n) is 11.2. The molecule has 0 spiro atoms. The molecule has 0 fully saturated rings. The highest BCUT2D eigenvalue weighted by molar-refractivity contribution is 7.15. The molecule has 1 aromatic heterocycles. The molecule has 0 aliphatic carbocycles. The van der Waals surface area contributed by atoms with Crippen molar-refractivity contribution in [3.05, 3.63) is 46.2 Å². The van der Waals surface area contributed by atoms with E-state index < -0.39 is 0 Å². The summed E-state index contributed by atoms with van der Waals surface area (Å²) in [5.74, 6) is -0.211. The van der Waals surface area contributed by atoms with E-state index in [-0.39, 0.29) is 18.5 Å². The van der Waals surface area contributed by atoms with Crippen molar-refractivity contribution >= 4 is 16.5 Å². The lowest BCUT2D eigenvalue weighted by Crippen LogP contribution is -2.22. The van der Waals surface area contributed by atoms with Gasteiger partial charge in [-0.1, -0.05) is 29.5 Å². The second kappa shape index (κ2) is 5.67. The summed E-state index contributed by atoms with van der Waals surface area (Å²) in [6.45, 7) is 3.80. The summed E-state index contributed by atoms with van der Waals surface area (Å²) in [6.07, 6.45) is 0. The Bertz CT molecular complexity index is 570. The fourth-order valence-electron chi connectivity index (χ4n) is 1.90. The summed E-state index contributed by atoms with van der Waals surface area (Å²) in [6, 6.07) is 6.65. The minimum atomic E-state index is -0.211. The van der Waals surface area contributed by atoms with Gasteiger partial charge in [-0.25, -0.2) is 9.37 Å². The van der Waals surface area contributed by atoms with Crippen LogP contribution in [0.15, 0.2) is 24.3 Å². The summed E-state index contributed by atoms with van der Waals surface area (Å²) in [4.78, 5) is 7.20. The molecule has 0 saturated carbocycles. The topological polar surface area (TPSA) is 36.4 Å². The molecule has 1 N–H and O–H groups in total. The third-order valence-corrected chi connectivity index (χ3v) is 4.50. The molecular weight excluding hydrogens is 263 g/mol. The van der Waals surface area contributed by atoms with Gasteiger partial charge in [-0.05, 0) is 19.9 Å². The molecule has 1 unspecified atom stereocenters. The van der Waals surface area contributed by atoms with Gasteiger partial charge in [0.05, 0.1) is 23.2 Å². The van der Waals surface area contributed by atoms with E-state index in [1.165, 1.54) is 17.4 Å². The predicted molar refractivity (Wildman–Crippen MR) is 76.0 cm³/mol. The number of anilines is 1. The predicted octanol–water partition coefficient (Wildman–Crippen LogP) is 3.28. The van der Waals surface area contributed by atoms with Crippen LogP contribution in [0.3, 0.4) is 0 Å². The van der Waals surface area contributed by atoms with E-state index in [0.29, 0.717) is 5.56 Å². The van der Waals surface area contributed by atoms with Crippen molar-refractivity contribution in [1.29, 1.82) is 0 Å². The molecule has 0 bridgehead atoms. The molecule has 1 aromatic carbocycles. The van der Waals surface area contributed by atoms with Gasteiger partial charge in [-0.15, -0.1) is 0 Å². The van der Waals surface area contributed by atoms with Crippen LogP contribution in [0.25, 0.3) is 0 Å². The average molecular weight is 280 g/mol. The van der Waals surface area contributed by atoms with Gasteiger partial charge in [0.1, 0.15) is 5.82 Å². The van der Waals surface area contributed by atoms with Gasteiger partial charge in [0.15, 0.2) is 5.13 Å². The number of benzene rings is 1. The summed E-state index contributed by atoms with van der Waals surface area (Å²) in [7, 11) is 1.89. The van der Waals surface area contributed by atoms with Crippen LogP contribution in [0.5, 0.6) is 0 Å². The van der Waals surface area contributed by atoms with Gasteiger partial charge < -0.3 is 10.0 Å². The highest BCUT2D eigenvalue weighted by Crippen LogP contribution is 2.31. The Hall–Kier alpha value is -1.46. The maximum Gasteiger partial charge on any atom is 0.186 e. The molecule has 19 heavy (non-hydrogen) atoms. The Kier molecular flexibility index (Phi) is 4.17. The average Bonchev–Trinajstić information content (AvgIpc) is 2.79. The van der Waals surface area contributed by atoms with Crippen LogP contribution in [-0.4, -0.2) is 17.1 Å². The van der Waals surface area contributed by atoms with E-state index in [9.17, 15) is 9.50 Å². The molecule has 0 radical (unpaired) electrons. The molecule has 2 aromatic rings. The van der Waals surface area contributed by atoms with Crippen LogP contribution >= 0.6 is 11.3 Å². The quantitative estimate of drug-likeness (QED) is 0.933. The lowest BCUT2D eigenvalue weighted by atomic mass is 10.1. The van der Waals surface area contributed by atoms with Gasteiger partial charge in [-0.2, -0.15) is 0 Å². The Balaban J connectivity index is 2.28. The highest BCUT2D eigenvalue weighted by atomic mass is 32.1. The maximum absolute atomic E-state index is 13.8. The first-order valence-electron chi connectivity index (χ1n) is 6.09. The summed E-state index contributed by atoms with van der Waals surface area (Å²) < 4.78 is 13.8. The second-order valence-corrected chi connectivity index (χ2v) is 5.53. The number of aliphatic hydroxyl groups excluding tert-OH is 1. The number of aliphatic hydroxyl groups is 1. The molecule has 2 rings (SSSR count). The van der Waals surface area contributed by atoms with E-state index >= 15 is 0 Å². The van der Waals surface area contributed by atoms with E-state index in [0.717, 1.165) is 15.7 Å². The van der Waals surface area contributed by atoms with Crippen LogP contribution in [0.1, 0.15) is 29.1 Å². The molecule has 3 nitrogen and oxygen atoms in total. The van der Waals surface area contributed by atoms with Crippen LogP contribution in [0, 0.1) is 12.7 Å². The Labute approximate surface area is 116 Å². The van der Waals surface area contributed by atoms with Gasteiger partial charge in [0.2, 0.25) is 0 Å². The van der Waals surface area contributed by atoms with Crippen molar-refractivity contribution in [2.75, 3.05) is 11.9 Å². The highest BCUT2D eigenvalue weighted by Gasteiger charge is 2.19. The van der Waals surface area contributed by atoms with E-state index in [1.807, 2.05) is 31.9 Å². The van der Waals surface area contributed by atoms with Gasteiger partial charge in [-0.3, -0.25) is 0 Å². The molecular formula is C14H17FN2OS. The minimum absolute atomic E-state index is 0.00851. The molecule has 0 aliphatic rings. The fraction of sp³-hybridized carbons (Fsp3) is 0.357. The summed E-state index contributed by atoms with van der Waals surface area (Å²) in [5.41, 5.74) is 1.47. The number of aryl methyl sites for hydroxylation is 1. The second-order valence-electron chi connectivity index (χ2n) is 4.47. The molecule has 5 heteroatoms. The zero-order valence-corrected chi connectivity index (χ0v) is 12.0. The van der Waals surface area contributed by atoms with Crippen LogP contribution < -0.4 is 4.90 Å². The molecule has 1 heterocycles. The maximum atomic E-state index is 13.8. The van der Waals surface area contributed by atoms with Crippen molar-refractivity contribution < 1.29 is 9.50 Å². The first kappa shape index (κ1) is 14.0. The third-order valence-electron chi connectivity index (χ3n) is 3.26. The summed E-state index contributed by atoms with van der Waals surface area (Å²) in [5, 5.41) is 9.99. The summed E-state index contributed by atoms with van der Waals surface area (Å²) >= 11 is 1.44.